The summed E-state index contributed by atoms with van der Waals surface area (Å²) >= 11 is 11.7. The Morgan fingerprint density at radius 1 is 1.27 bits per heavy atom. The Hall–Kier alpha value is -1.79. The first-order valence-corrected chi connectivity index (χ1v) is 7.34. The summed E-state index contributed by atoms with van der Waals surface area (Å²) in [6.45, 7) is 5.87. The molecule has 2 rings (SSSR count). The average Bonchev–Trinajstić information content (AvgIpc) is 2.41. The van der Waals surface area contributed by atoms with Gasteiger partial charge in [-0.05, 0) is 31.5 Å². The van der Waals surface area contributed by atoms with E-state index in [1.165, 1.54) is 6.07 Å². The van der Waals surface area contributed by atoms with Gasteiger partial charge in [0, 0.05) is 16.8 Å². The van der Waals surface area contributed by atoms with Crippen molar-refractivity contribution in [1.82, 2.24) is 5.48 Å². The highest BCUT2D eigenvalue weighted by Crippen LogP contribution is 2.26. The highest BCUT2D eigenvalue weighted by atomic mass is 35.5. The van der Waals surface area contributed by atoms with E-state index in [1.807, 2.05) is 20.8 Å². The smallest absolute Gasteiger partial charge is 0.323 e. The Morgan fingerprint density at radius 2 is 2.00 bits per heavy atom. The number of anilines is 1. The molecule has 1 aliphatic rings. The quantitative estimate of drug-likeness (QED) is 0.749. The molecule has 0 bridgehead atoms. The molecule has 0 aromatic heterocycles. The van der Waals surface area contributed by atoms with Gasteiger partial charge < -0.3 is 4.84 Å². The average molecular weight is 343 g/mol. The van der Waals surface area contributed by atoms with Crippen LogP contribution in [-0.4, -0.2) is 17.6 Å². The van der Waals surface area contributed by atoms with E-state index < -0.39 is 6.09 Å². The van der Waals surface area contributed by atoms with E-state index in [1.54, 1.807) is 12.1 Å². The predicted octanol–water partition coefficient (Wildman–Crippen LogP) is 4.25. The summed E-state index contributed by atoms with van der Waals surface area (Å²) in [4.78, 5) is 16.7. The van der Waals surface area contributed by atoms with Crippen LogP contribution in [0.15, 0.2) is 28.4 Å². The molecule has 0 atom stereocenters. The summed E-state index contributed by atoms with van der Waals surface area (Å²) in [6.07, 6.45) is 0.0412. The standard InChI is InChI=1S/C14H16Cl2N4O2/c1-8-7-14(2,3)12(19-18-8)20-22-13(21)17-9-4-5-10(15)11(16)6-9/h4-6H,7H2,1-3H3,(H,17,21)(H,19,20). The molecule has 1 heterocycles. The van der Waals surface area contributed by atoms with Gasteiger partial charge >= 0.3 is 6.09 Å². The highest BCUT2D eigenvalue weighted by Gasteiger charge is 2.30. The Bertz CT molecular complexity index is 656. The van der Waals surface area contributed by atoms with Crippen molar-refractivity contribution >= 4 is 46.5 Å². The number of halogens is 2. The molecule has 1 aromatic carbocycles. The molecule has 1 aliphatic heterocycles. The highest BCUT2D eigenvalue weighted by molar-refractivity contribution is 6.42. The number of carbonyl (C=O) groups excluding carboxylic acids is 1. The summed E-state index contributed by atoms with van der Waals surface area (Å²) in [5.41, 5.74) is 3.67. The van der Waals surface area contributed by atoms with E-state index in [0.717, 1.165) is 12.1 Å². The number of amides is 1. The Morgan fingerprint density at radius 3 is 2.64 bits per heavy atom. The van der Waals surface area contributed by atoms with E-state index in [0.29, 0.717) is 21.6 Å². The van der Waals surface area contributed by atoms with Crippen molar-refractivity contribution in [3.05, 3.63) is 28.2 Å². The van der Waals surface area contributed by atoms with Crippen molar-refractivity contribution in [3.8, 4) is 0 Å². The van der Waals surface area contributed by atoms with Gasteiger partial charge in [-0.3, -0.25) is 5.32 Å². The minimum Gasteiger partial charge on any atom is -0.323 e. The fraction of sp³-hybridized carbons (Fsp3) is 0.357. The lowest BCUT2D eigenvalue weighted by Gasteiger charge is -2.28. The van der Waals surface area contributed by atoms with Crippen molar-refractivity contribution in [2.45, 2.75) is 27.2 Å². The van der Waals surface area contributed by atoms with Crippen LogP contribution in [0.1, 0.15) is 27.2 Å². The molecule has 118 valence electrons. The normalized spacial score (nSPS) is 16.4. The summed E-state index contributed by atoms with van der Waals surface area (Å²) in [7, 11) is 0. The van der Waals surface area contributed by atoms with E-state index in [4.69, 9.17) is 28.0 Å². The maximum atomic E-state index is 11.8. The van der Waals surface area contributed by atoms with Crippen molar-refractivity contribution in [1.29, 1.82) is 0 Å². The number of amidine groups is 1. The van der Waals surface area contributed by atoms with Crippen molar-refractivity contribution in [2.24, 2.45) is 15.6 Å². The van der Waals surface area contributed by atoms with E-state index in [2.05, 4.69) is 21.0 Å². The lowest BCUT2D eigenvalue weighted by molar-refractivity contribution is 0.130. The van der Waals surface area contributed by atoms with Gasteiger partial charge in [0.25, 0.3) is 0 Å². The molecular weight excluding hydrogens is 327 g/mol. The van der Waals surface area contributed by atoms with Crippen LogP contribution in [0.3, 0.4) is 0 Å². The Kier molecular flexibility index (Phi) is 4.93. The second kappa shape index (κ2) is 6.54. The van der Waals surface area contributed by atoms with Gasteiger partial charge in [-0.2, -0.15) is 5.10 Å². The lowest BCUT2D eigenvalue weighted by Crippen LogP contribution is -2.41. The Labute approximate surface area is 138 Å². The molecule has 0 saturated heterocycles. The minimum atomic E-state index is -0.692. The second-order valence-corrected chi connectivity index (χ2v) is 6.40. The zero-order chi connectivity index (χ0) is 16.3. The number of rotatable bonds is 1. The topological polar surface area (TPSA) is 75.1 Å². The number of benzene rings is 1. The van der Waals surface area contributed by atoms with Crippen molar-refractivity contribution in [3.63, 3.8) is 0 Å². The van der Waals surface area contributed by atoms with Crippen molar-refractivity contribution in [2.75, 3.05) is 5.32 Å². The van der Waals surface area contributed by atoms with Gasteiger partial charge in [-0.25, -0.2) is 10.3 Å². The fourth-order valence-electron chi connectivity index (χ4n) is 2.00. The molecule has 0 fully saturated rings. The molecule has 0 spiro atoms. The zero-order valence-corrected chi connectivity index (χ0v) is 13.9. The van der Waals surface area contributed by atoms with Crippen LogP contribution in [0.25, 0.3) is 0 Å². The van der Waals surface area contributed by atoms with Crippen LogP contribution >= 0.6 is 23.2 Å². The van der Waals surface area contributed by atoms with Gasteiger partial charge in [-0.1, -0.05) is 37.0 Å². The number of hydrogen-bond acceptors (Lipinski definition) is 5. The van der Waals surface area contributed by atoms with E-state index >= 15 is 0 Å². The number of hydrogen-bond donors (Lipinski definition) is 2. The SMILES string of the molecule is CC1=NN=C(NOC(=O)Nc2ccc(Cl)c(Cl)c2)C(C)(C)C1. The molecular formula is C14H16Cl2N4O2. The number of nitrogens with zero attached hydrogens (tertiary/aromatic N) is 2. The second-order valence-electron chi connectivity index (χ2n) is 5.59. The van der Waals surface area contributed by atoms with Crippen LogP contribution < -0.4 is 10.8 Å². The van der Waals surface area contributed by atoms with Gasteiger partial charge in [0.1, 0.15) is 0 Å². The van der Waals surface area contributed by atoms with Crippen LogP contribution in [0.4, 0.5) is 10.5 Å². The number of carbonyl (C=O) groups is 1. The maximum Gasteiger partial charge on any atom is 0.435 e. The van der Waals surface area contributed by atoms with Gasteiger partial charge in [0.2, 0.25) is 0 Å². The van der Waals surface area contributed by atoms with Crippen LogP contribution in [0, 0.1) is 5.41 Å². The summed E-state index contributed by atoms with van der Waals surface area (Å²) in [5.74, 6) is 0.488. The molecule has 6 nitrogen and oxygen atoms in total. The molecule has 2 N–H and O–H groups in total. The van der Waals surface area contributed by atoms with Crippen LogP contribution in [0.2, 0.25) is 10.0 Å². The molecule has 0 unspecified atom stereocenters. The van der Waals surface area contributed by atoms with E-state index in [-0.39, 0.29) is 5.41 Å². The lowest BCUT2D eigenvalue weighted by atomic mass is 9.85. The first kappa shape index (κ1) is 16.6. The molecule has 0 saturated carbocycles. The third-order valence-corrected chi connectivity index (χ3v) is 3.80. The zero-order valence-electron chi connectivity index (χ0n) is 12.4. The summed E-state index contributed by atoms with van der Waals surface area (Å²) in [5, 5.41) is 11.3. The first-order chi connectivity index (χ1) is 10.3. The third-order valence-electron chi connectivity index (χ3n) is 3.07. The van der Waals surface area contributed by atoms with Crippen LogP contribution in [0.5, 0.6) is 0 Å². The molecule has 1 aromatic rings. The number of nitrogens with one attached hydrogen (secondary N) is 2. The number of hydroxylamine groups is 1. The summed E-state index contributed by atoms with van der Waals surface area (Å²) < 4.78 is 0. The first-order valence-electron chi connectivity index (χ1n) is 6.58. The Balaban J connectivity index is 1.94. The third kappa shape index (κ3) is 4.11. The van der Waals surface area contributed by atoms with E-state index in [9.17, 15) is 4.79 Å². The van der Waals surface area contributed by atoms with Crippen molar-refractivity contribution < 1.29 is 9.63 Å². The molecule has 0 aliphatic carbocycles. The molecule has 22 heavy (non-hydrogen) atoms. The largest absolute Gasteiger partial charge is 0.435 e. The molecule has 0 radical (unpaired) electrons. The molecule has 8 heteroatoms. The van der Waals surface area contributed by atoms with Gasteiger partial charge in [-0.15, -0.1) is 5.10 Å². The molecule has 1 amide bonds. The maximum absolute atomic E-state index is 11.8. The van der Waals surface area contributed by atoms with Crippen LogP contribution in [-0.2, 0) is 4.84 Å². The fourth-order valence-corrected chi connectivity index (χ4v) is 2.30. The predicted molar refractivity (Wildman–Crippen MR) is 88.6 cm³/mol. The monoisotopic (exact) mass is 342 g/mol. The van der Waals surface area contributed by atoms with Gasteiger partial charge in [0.15, 0.2) is 5.84 Å². The minimum absolute atomic E-state index is 0.282. The van der Waals surface area contributed by atoms with Gasteiger partial charge in [0.05, 0.1) is 10.0 Å². The summed E-state index contributed by atoms with van der Waals surface area (Å²) in [6, 6.07) is 4.73.